The lowest BCUT2D eigenvalue weighted by Crippen LogP contribution is -2.09. The summed E-state index contributed by atoms with van der Waals surface area (Å²) in [6, 6.07) is 10.2. The van der Waals surface area contributed by atoms with Gasteiger partial charge in [-0.05, 0) is 31.2 Å². The van der Waals surface area contributed by atoms with Gasteiger partial charge in [-0.15, -0.1) is 0 Å². The minimum absolute atomic E-state index is 0.204. The van der Waals surface area contributed by atoms with Gasteiger partial charge in [0.15, 0.2) is 0 Å². The van der Waals surface area contributed by atoms with Crippen molar-refractivity contribution in [1.29, 1.82) is 0 Å². The van der Waals surface area contributed by atoms with E-state index in [0.29, 0.717) is 19.6 Å². The highest BCUT2D eigenvalue weighted by Crippen LogP contribution is 2.12. The molecule has 0 radical (unpaired) electrons. The molecule has 0 N–H and O–H groups in total. The summed E-state index contributed by atoms with van der Waals surface area (Å²) in [5, 5.41) is 0. The molecule has 182 valence electrons. The summed E-state index contributed by atoms with van der Waals surface area (Å²) in [5.41, 5.74) is 1.25. The van der Waals surface area contributed by atoms with E-state index in [-0.39, 0.29) is 24.8 Å². The third-order valence-electron chi connectivity index (χ3n) is 5.74. The lowest BCUT2D eigenvalue weighted by atomic mass is 10.1. The van der Waals surface area contributed by atoms with Crippen LogP contribution in [0, 0.1) is 0 Å². The molecule has 32 heavy (non-hydrogen) atoms. The van der Waals surface area contributed by atoms with Crippen molar-refractivity contribution in [2.24, 2.45) is 0 Å². The van der Waals surface area contributed by atoms with Gasteiger partial charge in [0.1, 0.15) is 0 Å². The Balaban J connectivity index is 1.81. The SMILES string of the molecule is CCCCCCCCCCCCCCOC(=O)CCCC(=O)OCCCc1ccccc1. The van der Waals surface area contributed by atoms with Gasteiger partial charge in [-0.2, -0.15) is 0 Å². The van der Waals surface area contributed by atoms with E-state index in [9.17, 15) is 9.59 Å². The first-order chi connectivity index (χ1) is 15.7. The standard InChI is InChI=1S/C28H46O4/c1-2-3-4-5-6-7-8-9-10-11-12-16-24-31-27(29)22-17-23-28(30)32-25-18-21-26-19-14-13-15-20-26/h13-15,19-20H,2-12,16-18,21-25H2,1H3. The van der Waals surface area contributed by atoms with Crippen molar-refractivity contribution in [3.05, 3.63) is 35.9 Å². The molecule has 4 heteroatoms. The first kappa shape index (κ1) is 28.2. The van der Waals surface area contributed by atoms with E-state index < -0.39 is 0 Å². The van der Waals surface area contributed by atoms with E-state index in [4.69, 9.17) is 9.47 Å². The van der Waals surface area contributed by atoms with E-state index in [0.717, 1.165) is 25.7 Å². The summed E-state index contributed by atoms with van der Waals surface area (Å²) in [7, 11) is 0. The highest BCUT2D eigenvalue weighted by Gasteiger charge is 2.07. The monoisotopic (exact) mass is 446 g/mol. The molecule has 4 nitrogen and oxygen atoms in total. The molecule has 0 saturated heterocycles. The van der Waals surface area contributed by atoms with E-state index in [1.165, 1.54) is 69.8 Å². The van der Waals surface area contributed by atoms with Gasteiger partial charge in [-0.3, -0.25) is 9.59 Å². The lowest BCUT2D eigenvalue weighted by molar-refractivity contribution is -0.145. The number of carbonyl (C=O) groups is 2. The van der Waals surface area contributed by atoms with Crippen LogP contribution in [0.15, 0.2) is 30.3 Å². The second-order valence-electron chi connectivity index (χ2n) is 8.77. The minimum atomic E-state index is -0.230. The number of rotatable bonds is 21. The molecular formula is C28H46O4. The van der Waals surface area contributed by atoms with Gasteiger partial charge >= 0.3 is 11.9 Å². The van der Waals surface area contributed by atoms with Crippen LogP contribution in [0.3, 0.4) is 0 Å². The van der Waals surface area contributed by atoms with Crippen LogP contribution in [-0.2, 0) is 25.5 Å². The van der Waals surface area contributed by atoms with Crippen LogP contribution in [0.25, 0.3) is 0 Å². The third kappa shape index (κ3) is 17.8. The molecule has 0 aliphatic heterocycles. The van der Waals surface area contributed by atoms with Gasteiger partial charge in [0.25, 0.3) is 0 Å². The molecule has 1 rings (SSSR count). The molecule has 0 fully saturated rings. The van der Waals surface area contributed by atoms with Crippen molar-refractivity contribution >= 4 is 11.9 Å². The van der Waals surface area contributed by atoms with Crippen molar-refractivity contribution < 1.29 is 19.1 Å². The maximum atomic E-state index is 11.8. The summed E-state index contributed by atoms with van der Waals surface area (Å²) in [4.78, 5) is 23.5. The van der Waals surface area contributed by atoms with Crippen LogP contribution < -0.4 is 0 Å². The molecule has 0 atom stereocenters. The number of hydrogen-bond donors (Lipinski definition) is 0. The Morgan fingerprint density at radius 2 is 1.06 bits per heavy atom. The zero-order valence-electron chi connectivity index (χ0n) is 20.5. The highest BCUT2D eigenvalue weighted by atomic mass is 16.5. The molecule has 0 spiro atoms. The average Bonchev–Trinajstić information content (AvgIpc) is 2.80. The quantitative estimate of drug-likeness (QED) is 0.144. The third-order valence-corrected chi connectivity index (χ3v) is 5.74. The topological polar surface area (TPSA) is 52.6 Å². The number of aryl methyl sites for hydroxylation is 1. The molecule has 0 amide bonds. The molecule has 0 bridgehead atoms. The van der Waals surface area contributed by atoms with Crippen LogP contribution in [-0.4, -0.2) is 25.2 Å². The molecule has 1 aromatic carbocycles. The van der Waals surface area contributed by atoms with Gasteiger partial charge < -0.3 is 9.47 Å². The Labute approximate surface area is 196 Å². The Morgan fingerprint density at radius 3 is 1.59 bits per heavy atom. The van der Waals surface area contributed by atoms with Crippen molar-refractivity contribution in [2.45, 2.75) is 116 Å². The van der Waals surface area contributed by atoms with Crippen molar-refractivity contribution in [3.8, 4) is 0 Å². The number of benzene rings is 1. The van der Waals surface area contributed by atoms with E-state index in [2.05, 4.69) is 19.1 Å². The van der Waals surface area contributed by atoms with Crippen LogP contribution >= 0.6 is 0 Å². The van der Waals surface area contributed by atoms with Crippen molar-refractivity contribution in [3.63, 3.8) is 0 Å². The fourth-order valence-corrected chi connectivity index (χ4v) is 3.76. The van der Waals surface area contributed by atoms with Gasteiger partial charge in [-0.25, -0.2) is 0 Å². The summed E-state index contributed by atoms with van der Waals surface area (Å²) in [6.45, 7) is 3.19. The molecule has 1 aromatic rings. The Hall–Kier alpha value is -1.84. The molecule has 0 aliphatic carbocycles. The van der Waals surface area contributed by atoms with Crippen molar-refractivity contribution in [1.82, 2.24) is 0 Å². The molecule has 0 saturated carbocycles. The smallest absolute Gasteiger partial charge is 0.305 e. The summed E-state index contributed by atoms with van der Waals surface area (Å²) < 4.78 is 10.5. The number of unbranched alkanes of at least 4 members (excludes halogenated alkanes) is 11. The van der Waals surface area contributed by atoms with Crippen LogP contribution in [0.4, 0.5) is 0 Å². The normalized spacial score (nSPS) is 10.8. The number of carbonyl (C=O) groups excluding carboxylic acids is 2. The lowest BCUT2D eigenvalue weighted by Gasteiger charge is -2.06. The van der Waals surface area contributed by atoms with E-state index in [1.54, 1.807) is 0 Å². The molecule has 0 unspecified atom stereocenters. The highest BCUT2D eigenvalue weighted by molar-refractivity contribution is 5.72. The minimum Gasteiger partial charge on any atom is -0.466 e. The number of esters is 2. The summed E-state index contributed by atoms with van der Waals surface area (Å²) in [5.74, 6) is -0.434. The molecular weight excluding hydrogens is 400 g/mol. The fourth-order valence-electron chi connectivity index (χ4n) is 3.76. The van der Waals surface area contributed by atoms with Gasteiger partial charge in [-0.1, -0.05) is 108 Å². The van der Waals surface area contributed by atoms with Gasteiger partial charge in [0.2, 0.25) is 0 Å². The predicted octanol–water partition coefficient (Wildman–Crippen LogP) is 7.58. The second-order valence-corrected chi connectivity index (χ2v) is 8.77. The average molecular weight is 447 g/mol. The largest absolute Gasteiger partial charge is 0.466 e. The number of ether oxygens (including phenoxy) is 2. The summed E-state index contributed by atoms with van der Waals surface area (Å²) >= 11 is 0. The van der Waals surface area contributed by atoms with Crippen LogP contribution in [0.5, 0.6) is 0 Å². The van der Waals surface area contributed by atoms with Crippen molar-refractivity contribution in [2.75, 3.05) is 13.2 Å². The van der Waals surface area contributed by atoms with Gasteiger partial charge in [0.05, 0.1) is 13.2 Å². The Kier molecular flexibility index (Phi) is 18.5. The van der Waals surface area contributed by atoms with Crippen LogP contribution in [0.2, 0.25) is 0 Å². The zero-order valence-corrected chi connectivity index (χ0v) is 20.5. The van der Waals surface area contributed by atoms with E-state index in [1.807, 2.05) is 18.2 Å². The fraction of sp³-hybridized carbons (Fsp3) is 0.714. The predicted molar refractivity (Wildman–Crippen MR) is 132 cm³/mol. The maximum Gasteiger partial charge on any atom is 0.305 e. The second kappa shape index (κ2) is 21.0. The first-order valence-corrected chi connectivity index (χ1v) is 13.1. The Bertz CT molecular complexity index is 570. The molecule has 0 aromatic heterocycles. The number of hydrogen-bond acceptors (Lipinski definition) is 4. The van der Waals surface area contributed by atoms with Crippen LogP contribution in [0.1, 0.15) is 115 Å². The molecule has 0 heterocycles. The van der Waals surface area contributed by atoms with E-state index >= 15 is 0 Å². The molecule has 0 aliphatic rings. The first-order valence-electron chi connectivity index (χ1n) is 13.1. The zero-order chi connectivity index (χ0) is 23.1. The maximum absolute atomic E-state index is 11.8. The van der Waals surface area contributed by atoms with Gasteiger partial charge in [0, 0.05) is 12.8 Å². The Morgan fingerprint density at radius 1 is 0.594 bits per heavy atom. The summed E-state index contributed by atoms with van der Waals surface area (Å²) in [6.07, 6.45) is 18.3.